The molecule has 0 saturated carbocycles. The highest BCUT2D eigenvalue weighted by Crippen LogP contribution is 2.39. The van der Waals surface area contributed by atoms with Gasteiger partial charge in [0.15, 0.2) is 5.82 Å². The number of pyridine rings is 4. The summed E-state index contributed by atoms with van der Waals surface area (Å²) >= 11 is 1.63. The fourth-order valence-corrected chi connectivity index (χ4v) is 7.17. The highest BCUT2D eigenvalue weighted by atomic mass is 32.1. The van der Waals surface area contributed by atoms with Crippen LogP contribution in [0.5, 0.6) is 0 Å². The van der Waals surface area contributed by atoms with E-state index in [2.05, 4.69) is 106 Å². The minimum Gasteiger partial charge on any atom is -0.264 e. The van der Waals surface area contributed by atoms with Gasteiger partial charge in [0.05, 0.1) is 33.0 Å². The van der Waals surface area contributed by atoms with Crippen molar-refractivity contribution < 1.29 is 0 Å². The lowest BCUT2D eigenvalue weighted by molar-refractivity contribution is 1.23. The van der Waals surface area contributed by atoms with E-state index in [-0.39, 0.29) is 0 Å². The molecule has 0 radical (unpaired) electrons. The van der Waals surface area contributed by atoms with Crippen molar-refractivity contribution in [3.8, 4) is 67.5 Å². The van der Waals surface area contributed by atoms with Crippen molar-refractivity contribution in [2.75, 3.05) is 0 Å². The van der Waals surface area contributed by atoms with Crippen molar-refractivity contribution >= 4 is 31.8 Å². The second-order valence-corrected chi connectivity index (χ2v) is 12.6. The fourth-order valence-electron chi connectivity index (χ4n) is 6.07. The van der Waals surface area contributed by atoms with Gasteiger partial charge in [0, 0.05) is 46.9 Å². The van der Waals surface area contributed by atoms with Gasteiger partial charge in [-0.3, -0.25) is 9.97 Å². The molecule has 0 N–H and O–H groups in total. The van der Waals surface area contributed by atoms with E-state index in [1.165, 1.54) is 5.56 Å². The summed E-state index contributed by atoms with van der Waals surface area (Å²) in [5, 5.41) is 1.03. The van der Waals surface area contributed by atoms with Gasteiger partial charge in [0.1, 0.15) is 4.83 Å². The first-order valence-corrected chi connectivity index (χ1v) is 16.7. The fraction of sp³-hybridized carbons (Fsp3) is 0. The summed E-state index contributed by atoms with van der Waals surface area (Å²) < 4.78 is 1.03. The van der Waals surface area contributed by atoms with Crippen molar-refractivity contribution in [2.24, 2.45) is 0 Å². The van der Waals surface area contributed by atoms with E-state index in [0.29, 0.717) is 5.82 Å². The molecule has 0 unspecified atom stereocenters. The lowest BCUT2D eigenvalue weighted by Crippen LogP contribution is -1.94. The first-order valence-electron chi connectivity index (χ1n) is 15.9. The summed E-state index contributed by atoms with van der Waals surface area (Å²) in [4.78, 5) is 29.8. The van der Waals surface area contributed by atoms with Crippen LogP contribution in [-0.2, 0) is 0 Å². The van der Waals surface area contributed by atoms with E-state index < -0.39 is 0 Å². The Balaban J connectivity index is 1.14. The molecule has 9 rings (SSSR count). The molecule has 0 amide bonds. The van der Waals surface area contributed by atoms with Gasteiger partial charge >= 0.3 is 0 Å². The normalized spacial score (nSPS) is 11.3. The molecule has 0 saturated heterocycles. The molecule has 49 heavy (non-hydrogen) atoms. The van der Waals surface area contributed by atoms with Crippen LogP contribution < -0.4 is 0 Å². The maximum Gasteiger partial charge on any atom is 0.160 e. The quantitative estimate of drug-likeness (QED) is 0.179. The third-order valence-electron chi connectivity index (χ3n) is 8.54. The molecule has 0 spiro atoms. The standard InChI is InChI=1S/C42H26N6S/c1-2-8-27(9-3-1)28-13-17-30(18-14-28)38-40-39(34-11-7-23-45-42(34)49-40)48-41(47-38)31-19-15-29(16-20-31)33-24-36(32-10-6-21-43-26-32)46-37(25-33)35-12-4-5-22-44-35/h1-26H. The molecule has 230 valence electrons. The van der Waals surface area contributed by atoms with E-state index in [4.69, 9.17) is 15.0 Å². The summed E-state index contributed by atoms with van der Waals surface area (Å²) in [7, 11) is 0. The zero-order valence-electron chi connectivity index (χ0n) is 26.1. The van der Waals surface area contributed by atoms with Crippen LogP contribution in [0.25, 0.3) is 88.0 Å². The Kier molecular flexibility index (Phi) is 7.22. The minimum absolute atomic E-state index is 0.671. The molecule has 6 nitrogen and oxygen atoms in total. The SMILES string of the molecule is c1ccc(-c2ccc(-c3nc(-c4ccc(-c5cc(-c6cccnc6)nc(-c6ccccn6)c5)cc4)nc4c3sc3ncccc34)cc2)cc1. The zero-order valence-corrected chi connectivity index (χ0v) is 26.9. The Morgan fingerprint density at radius 1 is 0.429 bits per heavy atom. The van der Waals surface area contributed by atoms with Gasteiger partial charge in [0.25, 0.3) is 0 Å². The Hall–Kier alpha value is -6.44. The van der Waals surface area contributed by atoms with Crippen molar-refractivity contribution in [1.82, 2.24) is 29.9 Å². The minimum atomic E-state index is 0.671. The first kappa shape index (κ1) is 28.8. The summed E-state index contributed by atoms with van der Waals surface area (Å²) in [6, 6.07) is 45.5. The average molecular weight is 647 g/mol. The maximum absolute atomic E-state index is 5.20. The van der Waals surface area contributed by atoms with Crippen LogP contribution in [0.1, 0.15) is 0 Å². The molecule has 0 aliphatic heterocycles. The van der Waals surface area contributed by atoms with E-state index in [9.17, 15) is 0 Å². The van der Waals surface area contributed by atoms with Crippen molar-refractivity contribution in [3.63, 3.8) is 0 Å². The number of rotatable bonds is 6. The molecular formula is C42H26N6S. The van der Waals surface area contributed by atoms with Crippen LogP contribution in [-0.4, -0.2) is 29.9 Å². The number of thiophene rings is 1. The number of hydrogen-bond donors (Lipinski definition) is 0. The molecule has 0 atom stereocenters. The van der Waals surface area contributed by atoms with E-state index >= 15 is 0 Å². The van der Waals surface area contributed by atoms with Crippen LogP contribution in [0.4, 0.5) is 0 Å². The predicted molar refractivity (Wildman–Crippen MR) is 199 cm³/mol. The Labute approximate surface area is 286 Å². The van der Waals surface area contributed by atoms with Crippen LogP contribution in [0.3, 0.4) is 0 Å². The molecule has 9 aromatic rings. The molecule has 0 aliphatic rings. The largest absolute Gasteiger partial charge is 0.264 e. The second kappa shape index (κ2) is 12.3. The van der Waals surface area contributed by atoms with E-state index in [1.807, 2.05) is 54.9 Å². The number of nitrogens with zero attached hydrogens (tertiary/aromatic N) is 6. The second-order valence-electron chi connectivity index (χ2n) is 11.6. The van der Waals surface area contributed by atoms with Crippen LogP contribution in [0, 0.1) is 0 Å². The van der Waals surface area contributed by atoms with Crippen molar-refractivity contribution in [3.05, 3.63) is 158 Å². The molecule has 7 heteroatoms. The van der Waals surface area contributed by atoms with Gasteiger partial charge in [-0.05, 0) is 70.8 Å². The third-order valence-corrected chi connectivity index (χ3v) is 9.65. The van der Waals surface area contributed by atoms with E-state index in [1.54, 1.807) is 23.7 Å². The molecular weight excluding hydrogens is 621 g/mol. The molecule has 6 aromatic heterocycles. The number of benzene rings is 3. The molecule has 0 bridgehead atoms. The summed E-state index contributed by atoms with van der Waals surface area (Å²) in [6.45, 7) is 0. The third kappa shape index (κ3) is 5.52. The summed E-state index contributed by atoms with van der Waals surface area (Å²) in [5.41, 5.74) is 11.6. The highest BCUT2D eigenvalue weighted by Gasteiger charge is 2.18. The lowest BCUT2D eigenvalue weighted by Gasteiger charge is -2.11. The van der Waals surface area contributed by atoms with Gasteiger partial charge in [-0.2, -0.15) is 0 Å². The van der Waals surface area contributed by atoms with Gasteiger partial charge < -0.3 is 0 Å². The van der Waals surface area contributed by atoms with Crippen LogP contribution in [0.15, 0.2) is 158 Å². The smallest absolute Gasteiger partial charge is 0.160 e. The highest BCUT2D eigenvalue weighted by molar-refractivity contribution is 7.25. The molecule has 0 fully saturated rings. The Morgan fingerprint density at radius 3 is 1.88 bits per heavy atom. The average Bonchev–Trinajstić information content (AvgIpc) is 3.57. The van der Waals surface area contributed by atoms with Crippen LogP contribution >= 0.6 is 11.3 Å². The molecule has 3 aromatic carbocycles. The van der Waals surface area contributed by atoms with Crippen molar-refractivity contribution in [2.45, 2.75) is 0 Å². The maximum atomic E-state index is 5.20. The number of hydrogen-bond acceptors (Lipinski definition) is 7. The number of fused-ring (bicyclic) bond motifs is 3. The van der Waals surface area contributed by atoms with E-state index in [0.717, 1.165) is 76.6 Å². The molecule has 6 heterocycles. The van der Waals surface area contributed by atoms with Crippen LogP contribution in [0.2, 0.25) is 0 Å². The summed E-state index contributed by atoms with van der Waals surface area (Å²) in [6.07, 6.45) is 7.22. The first-order chi connectivity index (χ1) is 24.3. The Morgan fingerprint density at radius 2 is 1.10 bits per heavy atom. The van der Waals surface area contributed by atoms with Gasteiger partial charge in [-0.1, -0.05) is 84.9 Å². The predicted octanol–water partition coefficient (Wildman–Crippen LogP) is 10.4. The zero-order chi connectivity index (χ0) is 32.6. The number of aromatic nitrogens is 6. The monoisotopic (exact) mass is 646 g/mol. The molecule has 0 aliphatic carbocycles. The summed E-state index contributed by atoms with van der Waals surface area (Å²) in [5.74, 6) is 0.671. The van der Waals surface area contributed by atoms with Gasteiger partial charge in [-0.15, -0.1) is 11.3 Å². The topological polar surface area (TPSA) is 77.3 Å². The van der Waals surface area contributed by atoms with Gasteiger partial charge in [-0.25, -0.2) is 19.9 Å². The van der Waals surface area contributed by atoms with Crippen molar-refractivity contribution in [1.29, 1.82) is 0 Å². The Bertz CT molecular complexity index is 2510. The lowest BCUT2D eigenvalue weighted by atomic mass is 10.00. The van der Waals surface area contributed by atoms with Gasteiger partial charge in [0.2, 0.25) is 0 Å².